The molecule has 0 saturated heterocycles. The normalized spacial score (nSPS) is 11.2. The van der Waals surface area contributed by atoms with Crippen molar-refractivity contribution in [2.45, 2.75) is 26.3 Å². The van der Waals surface area contributed by atoms with Gasteiger partial charge in [-0.1, -0.05) is 0 Å². The number of hydrogen-bond donors (Lipinski definition) is 1. The molecule has 0 bridgehead atoms. The summed E-state index contributed by atoms with van der Waals surface area (Å²) in [5.74, 6) is -1.59. The third kappa shape index (κ3) is 5.70. The Hall–Kier alpha value is -1.85. The number of nitrogens with one attached hydrogen (secondary N) is 1. The van der Waals surface area contributed by atoms with Gasteiger partial charge in [0.2, 0.25) is 17.5 Å². The third-order valence-electron chi connectivity index (χ3n) is 1.90. The molecular weight excluding hydrogens is 226 g/mol. The molecule has 0 aliphatic heterocycles. The van der Waals surface area contributed by atoms with Crippen LogP contribution in [0.1, 0.15) is 20.3 Å². The minimum atomic E-state index is -0.643. The molecule has 0 spiro atoms. The molecular formula is C10H15N3O4. The van der Waals surface area contributed by atoms with Crippen LogP contribution in [0.25, 0.3) is 5.53 Å². The van der Waals surface area contributed by atoms with E-state index in [-0.39, 0.29) is 18.9 Å². The van der Waals surface area contributed by atoms with Crippen molar-refractivity contribution in [1.82, 2.24) is 5.32 Å². The molecule has 0 unspecified atom stereocenters. The maximum Gasteiger partial charge on any atom is 0.399 e. The number of rotatable bonds is 7. The molecule has 0 aliphatic carbocycles. The van der Waals surface area contributed by atoms with Crippen molar-refractivity contribution in [3.05, 3.63) is 5.53 Å². The summed E-state index contributed by atoms with van der Waals surface area (Å²) in [5, 5.41) is 2.50. The molecule has 0 radical (unpaired) electrons. The summed E-state index contributed by atoms with van der Waals surface area (Å²) in [5.41, 5.74) is 7.99. The van der Waals surface area contributed by atoms with Gasteiger partial charge in [0.25, 0.3) is 0 Å². The Morgan fingerprint density at radius 2 is 1.94 bits per heavy atom. The minimum absolute atomic E-state index is 0.127. The molecule has 0 aromatic heterocycles. The van der Waals surface area contributed by atoms with Crippen LogP contribution in [0.3, 0.4) is 0 Å². The largest absolute Gasteiger partial charge is 0.399 e. The first-order valence-corrected chi connectivity index (χ1v) is 4.94. The van der Waals surface area contributed by atoms with E-state index in [1.54, 1.807) is 0 Å². The Balaban J connectivity index is 4.65. The zero-order valence-corrected chi connectivity index (χ0v) is 10.0. The van der Waals surface area contributed by atoms with Crippen LogP contribution in [0.2, 0.25) is 0 Å². The fourth-order valence-electron chi connectivity index (χ4n) is 1.28. The van der Waals surface area contributed by atoms with E-state index in [0.29, 0.717) is 0 Å². The van der Waals surface area contributed by atoms with E-state index in [9.17, 15) is 14.4 Å². The Labute approximate surface area is 98.8 Å². The van der Waals surface area contributed by atoms with Crippen LogP contribution >= 0.6 is 0 Å². The van der Waals surface area contributed by atoms with E-state index in [1.165, 1.54) is 14.0 Å². The summed E-state index contributed by atoms with van der Waals surface area (Å²) in [7, 11) is 1.42. The highest BCUT2D eigenvalue weighted by Crippen LogP contribution is 1.97. The minimum Gasteiger partial charge on any atom is -0.383 e. The van der Waals surface area contributed by atoms with Gasteiger partial charge in [0.15, 0.2) is 0 Å². The molecule has 0 aromatic rings. The lowest BCUT2D eigenvalue weighted by Crippen LogP contribution is -2.40. The number of methoxy groups -OCH3 is 1. The highest BCUT2D eigenvalue weighted by molar-refractivity contribution is 6.63. The number of nitrogens with zero attached hydrogens (tertiary/aromatic N) is 2. The molecule has 0 saturated carbocycles. The van der Waals surface area contributed by atoms with Gasteiger partial charge < -0.3 is 15.6 Å². The van der Waals surface area contributed by atoms with Crippen molar-refractivity contribution >= 4 is 23.2 Å². The molecule has 1 atom stereocenters. The summed E-state index contributed by atoms with van der Waals surface area (Å²) in [6.45, 7) is 2.55. The topological polar surface area (TPSA) is 109 Å². The van der Waals surface area contributed by atoms with Gasteiger partial charge in [-0.3, -0.25) is 14.4 Å². The lowest BCUT2D eigenvalue weighted by Gasteiger charge is -2.14. The molecule has 0 heterocycles. The van der Waals surface area contributed by atoms with Crippen LogP contribution in [0.5, 0.6) is 0 Å². The summed E-state index contributed by atoms with van der Waals surface area (Å²) in [6.07, 6.45) is -0.160. The molecule has 0 fully saturated rings. The maximum absolute atomic E-state index is 11.6. The smallest absolute Gasteiger partial charge is 0.383 e. The first kappa shape index (κ1) is 15.2. The molecule has 0 aliphatic rings. The maximum atomic E-state index is 11.6. The number of hydrogen-bond acceptors (Lipinski definition) is 4. The highest BCUT2D eigenvalue weighted by Gasteiger charge is 2.28. The number of carbonyl (C=O) groups excluding carboxylic acids is 3. The van der Waals surface area contributed by atoms with Crippen molar-refractivity contribution in [3.63, 3.8) is 0 Å². The monoisotopic (exact) mass is 241 g/mol. The Morgan fingerprint density at radius 1 is 1.35 bits per heavy atom. The quantitative estimate of drug-likeness (QED) is 0.276. The molecule has 94 valence electrons. The van der Waals surface area contributed by atoms with Gasteiger partial charge in [0, 0.05) is 27.4 Å². The second-order valence-electron chi connectivity index (χ2n) is 3.48. The molecule has 0 rings (SSSR count). The predicted molar refractivity (Wildman–Crippen MR) is 58.4 cm³/mol. The molecule has 7 nitrogen and oxygen atoms in total. The number of amides is 1. The average molecular weight is 241 g/mol. The van der Waals surface area contributed by atoms with Crippen LogP contribution in [0, 0.1) is 0 Å². The average Bonchev–Trinajstić information content (AvgIpc) is 2.16. The van der Waals surface area contributed by atoms with E-state index in [2.05, 4.69) is 10.1 Å². The van der Waals surface area contributed by atoms with E-state index < -0.39 is 23.3 Å². The van der Waals surface area contributed by atoms with E-state index in [1.807, 2.05) is 0 Å². The second kappa shape index (κ2) is 7.43. The number of ketones is 2. The van der Waals surface area contributed by atoms with Gasteiger partial charge in [0.1, 0.15) is 0 Å². The number of ether oxygens (including phenoxy) is 1. The first-order chi connectivity index (χ1) is 7.92. The van der Waals surface area contributed by atoms with Crippen molar-refractivity contribution in [2.75, 3.05) is 13.7 Å². The first-order valence-electron chi connectivity index (χ1n) is 4.94. The summed E-state index contributed by atoms with van der Waals surface area (Å²) >= 11 is 0. The van der Waals surface area contributed by atoms with E-state index in [0.717, 1.165) is 6.92 Å². The third-order valence-corrected chi connectivity index (χ3v) is 1.90. The lowest BCUT2D eigenvalue weighted by molar-refractivity contribution is -0.124. The Bertz CT molecular complexity index is 372. The van der Waals surface area contributed by atoms with Gasteiger partial charge in [-0.05, 0) is 0 Å². The van der Waals surface area contributed by atoms with E-state index in [4.69, 9.17) is 10.3 Å². The molecule has 1 N–H and O–H groups in total. The van der Waals surface area contributed by atoms with Gasteiger partial charge >= 0.3 is 5.71 Å². The Kier molecular flexibility index (Phi) is 6.62. The second-order valence-corrected chi connectivity index (χ2v) is 3.48. The van der Waals surface area contributed by atoms with Crippen molar-refractivity contribution in [1.29, 1.82) is 0 Å². The van der Waals surface area contributed by atoms with Crippen molar-refractivity contribution in [2.24, 2.45) is 0 Å². The molecule has 0 aromatic carbocycles. The van der Waals surface area contributed by atoms with Gasteiger partial charge in [-0.15, -0.1) is 0 Å². The highest BCUT2D eigenvalue weighted by atomic mass is 16.5. The zero-order chi connectivity index (χ0) is 13.4. The number of carbonyl (C=O) groups is 3. The molecule has 1 amide bonds. The predicted octanol–water partition coefficient (Wildman–Crippen LogP) is -0.643. The van der Waals surface area contributed by atoms with Gasteiger partial charge in [-0.25, -0.2) is 0 Å². The van der Waals surface area contributed by atoms with Crippen LogP contribution in [-0.4, -0.2) is 47.7 Å². The fraction of sp³-hybridized carbons (Fsp3) is 0.600. The van der Waals surface area contributed by atoms with Crippen molar-refractivity contribution < 1.29 is 23.9 Å². The number of Topliss-reactive ketones (excluding diaryl/α,β-unsaturated/α-hetero) is 2. The molecule has 17 heavy (non-hydrogen) atoms. The Morgan fingerprint density at radius 3 is 2.29 bits per heavy atom. The zero-order valence-electron chi connectivity index (χ0n) is 10.0. The SMILES string of the molecule is COC[C@H](CC(=O)C(=[N+]=[N-])C(C)=O)NC(C)=O. The molecule has 7 heteroatoms. The van der Waals surface area contributed by atoms with Gasteiger partial charge in [0.05, 0.1) is 12.6 Å². The van der Waals surface area contributed by atoms with Crippen molar-refractivity contribution in [3.8, 4) is 0 Å². The van der Waals surface area contributed by atoms with Crippen LogP contribution in [0.15, 0.2) is 0 Å². The fourth-order valence-corrected chi connectivity index (χ4v) is 1.28. The standard InChI is InChI=1S/C10H15N3O4/c1-6(14)10(13-11)9(16)4-8(5-17-3)12-7(2)15/h8H,4-5H2,1-3H3,(H,12,15)/t8-/m0/s1. The van der Waals surface area contributed by atoms with Crippen LogP contribution in [-0.2, 0) is 19.1 Å². The lowest BCUT2D eigenvalue weighted by atomic mass is 10.1. The summed E-state index contributed by atoms with van der Waals surface area (Å²) in [6, 6.07) is -0.555. The van der Waals surface area contributed by atoms with Gasteiger partial charge in [-0.2, -0.15) is 4.79 Å². The summed E-state index contributed by atoms with van der Waals surface area (Å²) in [4.78, 5) is 36.0. The summed E-state index contributed by atoms with van der Waals surface area (Å²) < 4.78 is 4.83. The van der Waals surface area contributed by atoms with E-state index >= 15 is 0 Å². The van der Waals surface area contributed by atoms with Crippen LogP contribution in [0.4, 0.5) is 0 Å². The van der Waals surface area contributed by atoms with Crippen LogP contribution < -0.4 is 5.32 Å².